The summed E-state index contributed by atoms with van der Waals surface area (Å²) in [6, 6.07) is 4.91. The highest BCUT2D eigenvalue weighted by atomic mass is 32.1. The molecular weight excluding hydrogens is 247 g/mol. The van der Waals surface area contributed by atoms with E-state index in [4.69, 9.17) is 0 Å². The minimum Gasteiger partial charge on any atom is -0.312 e. The summed E-state index contributed by atoms with van der Waals surface area (Å²) >= 11 is 1.67. The Balaban J connectivity index is 1.80. The molecule has 2 nitrogen and oxygen atoms in total. The number of halogens is 1. The summed E-state index contributed by atoms with van der Waals surface area (Å²) in [7, 11) is 0. The summed E-state index contributed by atoms with van der Waals surface area (Å²) in [5.74, 6) is -0.174. The first kappa shape index (κ1) is 13.2. The van der Waals surface area contributed by atoms with E-state index in [2.05, 4.69) is 15.7 Å². The lowest BCUT2D eigenvalue weighted by Crippen LogP contribution is -2.17. The molecule has 0 unspecified atom stereocenters. The van der Waals surface area contributed by atoms with E-state index in [1.165, 1.54) is 6.07 Å². The summed E-state index contributed by atoms with van der Waals surface area (Å²) in [6.45, 7) is 5.57. The van der Waals surface area contributed by atoms with Crippen molar-refractivity contribution in [3.63, 3.8) is 0 Å². The predicted octanol–water partition coefficient (Wildman–Crippen LogP) is 3.23. The molecule has 1 aromatic heterocycles. The number of rotatable bonds is 5. The first-order valence-electron chi connectivity index (χ1n) is 6.02. The molecule has 0 amide bonds. The van der Waals surface area contributed by atoms with E-state index in [-0.39, 0.29) is 5.82 Å². The molecule has 0 saturated carbocycles. The molecule has 0 aliphatic carbocycles. The summed E-state index contributed by atoms with van der Waals surface area (Å²) in [5, 5.41) is 6.52. The Morgan fingerprint density at radius 2 is 2.17 bits per heavy atom. The Labute approximate surface area is 111 Å². The monoisotopic (exact) mass is 264 g/mol. The topological polar surface area (TPSA) is 24.9 Å². The van der Waals surface area contributed by atoms with Gasteiger partial charge < -0.3 is 5.32 Å². The van der Waals surface area contributed by atoms with Crippen LogP contribution in [0.4, 0.5) is 4.39 Å². The van der Waals surface area contributed by atoms with Crippen LogP contribution in [0.25, 0.3) is 0 Å². The van der Waals surface area contributed by atoms with Gasteiger partial charge in [0.25, 0.3) is 0 Å². The van der Waals surface area contributed by atoms with Crippen LogP contribution >= 0.6 is 11.3 Å². The van der Waals surface area contributed by atoms with Crippen LogP contribution in [-0.2, 0) is 13.0 Å². The number of nitrogens with zero attached hydrogens (tertiary/aromatic N) is 1. The fourth-order valence-corrected chi connectivity index (χ4v) is 2.44. The molecule has 0 aliphatic heterocycles. The molecule has 96 valence electrons. The third kappa shape index (κ3) is 3.62. The van der Waals surface area contributed by atoms with E-state index in [9.17, 15) is 4.39 Å². The van der Waals surface area contributed by atoms with Crippen LogP contribution in [0.5, 0.6) is 0 Å². The fourth-order valence-electron chi connectivity index (χ4n) is 1.79. The molecule has 0 saturated heterocycles. The van der Waals surface area contributed by atoms with Crippen molar-refractivity contribution in [1.29, 1.82) is 0 Å². The molecule has 2 rings (SSSR count). The van der Waals surface area contributed by atoms with E-state index in [0.29, 0.717) is 6.54 Å². The highest BCUT2D eigenvalue weighted by Crippen LogP contribution is 2.10. The molecular formula is C14H17FN2S. The maximum atomic E-state index is 13.1. The van der Waals surface area contributed by atoms with Gasteiger partial charge in [-0.3, -0.25) is 0 Å². The van der Waals surface area contributed by atoms with Crippen LogP contribution < -0.4 is 5.32 Å². The lowest BCUT2D eigenvalue weighted by Gasteiger charge is -2.07. The number of aromatic nitrogens is 1. The van der Waals surface area contributed by atoms with Crippen molar-refractivity contribution in [2.45, 2.75) is 26.8 Å². The second kappa shape index (κ2) is 6.07. The Morgan fingerprint density at radius 3 is 2.89 bits per heavy atom. The SMILES string of the molecule is Cc1nc(CCNCc2cc(F)ccc2C)cs1. The molecule has 18 heavy (non-hydrogen) atoms. The largest absolute Gasteiger partial charge is 0.312 e. The number of aryl methyl sites for hydroxylation is 2. The Bertz CT molecular complexity index is 522. The maximum Gasteiger partial charge on any atom is 0.123 e. The molecule has 1 N–H and O–H groups in total. The van der Waals surface area contributed by atoms with Crippen molar-refractivity contribution in [3.05, 3.63) is 51.2 Å². The highest BCUT2D eigenvalue weighted by molar-refractivity contribution is 7.09. The van der Waals surface area contributed by atoms with E-state index in [1.807, 2.05) is 19.9 Å². The van der Waals surface area contributed by atoms with Crippen LogP contribution in [0.15, 0.2) is 23.6 Å². The zero-order valence-corrected chi connectivity index (χ0v) is 11.5. The zero-order chi connectivity index (χ0) is 13.0. The van der Waals surface area contributed by atoms with E-state index < -0.39 is 0 Å². The van der Waals surface area contributed by atoms with Gasteiger partial charge >= 0.3 is 0 Å². The van der Waals surface area contributed by atoms with Crippen molar-refractivity contribution >= 4 is 11.3 Å². The average molecular weight is 264 g/mol. The van der Waals surface area contributed by atoms with Crippen LogP contribution in [0.1, 0.15) is 21.8 Å². The molecule has 2 aromatic rings. The lowest BCUT2D eigenvalue weighted by atomic mass is 10.1. The molecule has 0 atom stereocenters. The van der Waals surface area contributed by atoms with E-state index in [0.717, 1.165) is 34.8 Å². The van der Waals surface area contributed by atoms with Gasteiger partial charge in [0, 0.05) is 24.9 Å². The van der Waals surface area contributed by atoms with Crippen LogP contribution in [0.3, 0.4) is 0 Å². The third-order valence-electron chi connectivity index (χ3n) is 2.85. The van der Waals surface area contributed by atoms with Gasteiger partial charge in [-0.1, -0.05) is 6.07 Å². The van der Waals surface area contributed by atoms with Crippen molar-refractivity contribution in [1.82, 2.24) is 10.3 Å². The molecule has 0 radical (unpaired) electrons. The van der Waals surface area contributed by atoms with Gasteiger partial charge in [-0.25, -0.2) is 9.37 Å². The summed E-state index contributed by atoms with van der Waals surface area (Å²) < 4.78 is 13.1. The second-order valence-corrected chi connectivity index (χ2v) is 5.42. The minimum absolute atomic E-state index is 0.174. The zero-order valence-electron chi connectivity index (χ0n) is 10.7. The molecule has 0 spiro atoms. The van der Waals surface area contributed by atoms with E-state index in [1.54, 1.807) is 17.4 Å². The molecule has 0 bridgehead atoms. The number of thiazole rings is 1. The quantitative estimate of drug-likeness (QED) is 0.839. The van der Waals surface area contributed by atoms with Crippen LogP contribution in [0.2, 0.25) is 0 Å². The highest BCUT2D eigenvalue weighted by Gasteiger charge is 2.01. The summed E-state index contributed by atoms with van der Waals surface area (Å²) in [4.78, 5) is 4.41. The number of nitrogens with one attached hydrogen (secondary N) is 1. The first-order chi connectivity index (χ1) is 8.65. The number of hydrogen-bond acceptors (Lipinski definition) is 3. The number of hydrogen-bond donors (Lipinski definition) is 1. The van der Waals surface area contributed by atoms with Crippen molar-refractivity contribution in [2.24, 2.45) is 0 Å². The molecule has 1 heterocycles. The van der Waals surface area contributed by atoms with Gasteiger partial charge in [-0.05, 0) is 37.1 Å². The molecule has 1 aromatic carbocycles. The van der Waals surface area contributed by atoms with Crippen molar-refractivity contribution in [2.75, 3.05) is 6.54 Å². The smallest absolute Gasteiger partial charge is 0.123 e. The average Bonchev–Trinajstić information content (AvgIpc) is 2.75. The van der Waals surface area contributed by atoms with Crippen molar-refractivity contribution < 1.29 is 4.39 Å². The normalized spacial score (nSPS) is 10.8. The maximum absolute atomic E-state index is 13.1. The van der Waals surface area contributed by atoms with Crippen LogP contribution in [0, 0.1) is 19.7 Å². The molecule has 0 fully saturated rings. The molecule has 0 aliphatic rings. The number of benzene rings is 1. The Morgan fingerprint density at radius 1 is 1.33 bits per heavy atom. The Hall–Kier alpha value is -1.26. The van der Waals surface area contributed by atoms with Gasteiger partial charge in [0.15, 0.2) is 0 Å². The van der Waals surface area contributed by atoms with Gasteiger partial charge in [0.05, 0.1) is 10.7 Å². The fraction of sp³-hybridized carbons (Fsp3) is 0.357. The lowest BCUT2D eigenvalue weighted by molar-refractivity contribution is 0.618. The summed E-state index contributed by atoms with van der Waals surface area (Å²) in [5.41, 5.74) is 3.26. The standard InChI is InChI=1S/C14H17FN2S/c1-10-3-4-13(15)7-12(10)8-16-6-5-14-9-18-11(2)17-14/h3-4,7,9,16H,5-6,8H2,1-2H3. The predicted molar refractivity (Wildman–Crippen MR) is 73.4 cm³/mol. The van der Waals surface area contributed by atoms with Gasteiger partial charge in [0.2, 0.25) is 0 Å². The van der Waals surface area contributed by atoms with Gasteiger partial charge in [0.1, 0.15) is 5.82 Å². The van der Waals surface area contributed by atoms with Crippen molar-refractivity contribution in [3.8, 4) is 0 Å². The van der Waals surface area contributed by atoms with E-state index >= 15 is 0 Å². The first-order valence-corrected chi connectivity index (χ1v) is 6.90. The van der Waals surface area contributed by atoms with Gasteiger partial charge in [-0.2, -0.15) is 0 Å². The van der Waals surface area contributed by atoms with Crippen LogP contribution in [-0.4, -0.2) is 11.5 Å². The second-order valence-electron chi connectivity index (χ2n) is 4.36. The van der Waals surface area contributed by atoms with Gasteiger partial charge in [-0.15, -0.1) is 11.3 Å². The summed E-state index contributed by atoms with van der Waals surface area (Å²) in [6.07, 6.45) is 0.915. The third-order valence-corrected chi connectivity index (χ3v) is 3.67. The molecule has 4 heteroatoms. The minimum atomic E-state index is -0.174. The Kier molecular flexibility index (Phi) is 4.44.